The van der Waals surface area contributed by atoms with E-state index in [9.17, 15) is 0 Å². The van der Waals surface area contributed by atoms with Crippen LogP contribution < -0.4 is 4.74 Å². The highest BCUT2D eigenvalue weighted by Crippen LogP contribution is 2.26. The molecule has 90 valence electrons. The molecule has 0 radical (unpaired) electrons. The predicted octanol–water partition coefficient (Wildman–Crippen LogP) is 4.22. The smallest absolute Gasteiger partial charge is 0.145 e. The summed E-state index contributed by atoms with van der Waals surface area (Å²) in [6, 6.07) is 15.7. The molecular formula is C16H15NO. The molecule has 0 aliphatic rings. The largest absolute Gasteiger partial charge is 0.456 e. The molecule has 0 aliphatic carbocycles. The molecule has 0 aromatic heterocycles. The Hall–Kier alpha value is -2.27. The Morgan fingerprint density at radius 1 is 1.11 bits per heavy atom. The minimum Gasteiger partial charge on any atom is -0.456 e. The van der Waals surface area contributed by atoms with E-state index in [1.807, 2.05) is 49.4 Å². The van der Waals surface area contributed by atoms with Gasteiger partial charge in [-0.1, -0.05) is 30.7 Å². The van der Waals surface area contributed by atoms with Crippen molar-refractivity contribution in [1.29, 1.82) is 5.26 Å². The van der Waals surface area contributed by atoms with Crippen molar-refractivity contribution in [3.8, 4) is 17.6 Å². The number of benzene rings is 2. The number of rotatable bonds is 3. The Morgan fingerprint density at radius 3 is 2.44 bits per heavy atom. The lowest BCUT2D eigenvalue weighted by atomic mass is 10.1. The van der Waals surface area contributed by atoms with Gasteiger partial charge in [-0.15, -0.1) is 0 Å². The van der Waals surface area contributed by atoms with E-state index >= 15 is 0 Å². The number of ether oxygens (including phenoxy) is 1. The first-order valence-corrected chi connectivity index (χ1v) is 6.00. The first-order valence-electron chi connectivity index (χ1n) is 6.00. The third kappa shape index (κ3) is 2.70. The van der Waals surface area contributed by atoms with Crippen LogP contribution in [-0.4, -0.2) is 0 Å². The van der Waals surface area contributed by atoms with Gasteiger partial charge in [0.05, 0.1) is 5.56 Å². The van der Waals surface area contributed by atoms with Gasteiger partial charge in [0, 0.05) is 0 Å². The molecule has 2 heteroatoms. The SMILES string of the molecule is CCc1ccc(Oc2ccc(C)cc2)c(C#N)c1. The van der Waals surface area contributed by atoms with Crippen LogP contribution in [0.2, 0.25) is 0 Å². The van der Waals surface area contributed by atoms with E-state index < -0.39 is 0 Å². The van der Waals surface area contributed by atoms with Crippen molar-refractivity contribution in [3.05, 3.63) is 59.2 Å². The van der Waals surface area contributed by atoms with Gasteiger partial charge in [-0.05, 0) is 43.2 Å². The molecule has 0 N–H and O–H groups in total. The fourth-order valence-electron chi connectivity index (χ4n) is 1.71. The maximum atomic E-state index is 9.13. The standard InChI is InChI=1S/C16H15NO/c1-3-13-6-9-16(14(10-13)11-17)18-15-7-4-12(2)5-8-15/h4-10H,3H2,1-2H3. The van der Waals surface area contributed by atoms with E-state index in [1.54, 1.807) is 0 Å². The van der Waals surface area contributed by atoms with Crippen LogP contribution in [0.3, 0.4) is 0 Å². The highest BCUT2D eigenvalue weighted by atomic mass is 16.5. The van der Waals surface area contributed by atoms with Crippen LogP contribution in [0.1, 0.15) is 23.6 Å². The van der Waals surface area contributed by atoms with Gasteiger partial charge in [0.2, 0.25) is 0 Å². The van der Waals surface area contributed by atoms with Gasteiger partial charge in [-0.2, -0.15) is 5.26 Å². The Morgan fingerprint density at radius 2 is 1.83 bits per heavy atom. The number of aryl methyl sites for hydroxylation is 2. The van der Waals surface area contributed by atoms with E-state index in [0.29, 0.717) is 11.3 Å². The van der Waals surface area contributed by atoms with E-state index in [1.165, 1.54) is 5.56 Å². The van der Waals surface area contributed by atoms with Crippen LogP contribution in [0.15, 0.2) is 42.5 Å². The minimum atomic E-state index is 0.579. The molecule has 0 bridgehead atoms. The fourth-order valence-corrected chi connectivity index (χ4v) is 1.71. The Bertz CT molecular complexity index is 579. The zero-order valence-corrected chi connectivity index (χ0v) is 10.6. The Labute approximate surface area is 107 Å². The second-order valence-electron chi connectivity index (χ2n) is 4.21. The summed E-state index contributed by atoms with van der Waals surface area (Å²) in [4.78, 5) is 0. The van der Waals surface area contributed by atoms with Crippen molar-refractivity contribution >= 4 is 0 Å². The van der Waals surface area contributed by atoms with Crippen molar-refractivity contribution in [1.82, 2.24) is 0 Å². The molecule has 0 unspecified atom stereocenters. The summed E-state index contributed by atoms with van der Waals surface area (Å²) < 4.78 is 5.73. The fraction of sp³-hybridized carbons (Fsp3) is 0.188. The van der Waals surface area contributed by atoms with Crippen LogP contribution in [0.5, 0.6) is 11.5 Å². The molecule has 0 aliphatic heterocycles. The molecule has 0 heterocycles. The van der Waals surface area contributed by atoms with Gasteiger partial charge >= 0.3 is 0 Å². The van der Waals surface area contributed by atoms with E-state index in [2.05, 4.69) is 13.0 Å². The zero-order chi connectivity index (χ0) is 13.0. The van der Waals surface area contributed by atoms with E-state index in [4.69, 9.17) is 10.00 Å². The van der Waals surface area contributed by atoms with Crippen LogP contribution >= 0.6 is 0 Å². The average Bonchev–Trinajstić information content (AvgIpc) is 2.41. The van der Waals surface area contributed by atoms with Crippen LogP contribution in [0.4, 0.5) is 0 Å². The van der Waals surface area contributed by atoms with Gasteiger partial charge in [0.15, 0.2) is 0 Å². The third-order valence-electron chi connectivity index (χ3n) is 2.82. The first-order chi connectivity index (χ1) is 8.72. The van der Waals surface area contributed by atoms with Gasteiger partial charge in [0.25, 0.3) is 0 Å². The normalized spacial score (nSPS) is 9.83. The molecule has 2 nitrogen and oxygen atoms in total. The lowest BCUT2D eigenvalue weighted by molar-refractivity contribution is 0.481. The van der Waals surface area contributed by atoms with Gasteiger partial charge in [-0.3, -0.25) is 0 Å². The van der Waals surface area contributed by atoms with Crippen molar-refractivity contribution < 1.29 is 4.74 Å². The summed E-state index contributed by atoms with van der Waals surface area (Å²) in [5.41, 5.74) is 2.90. The summed E-state index contributed by atoms with van der Waals surface area (Å²) in [7, 11) is 0. The van der Waals surface area contributed by atoms with Crippen LogP contribution in [0, 0.1) is 18.3 Å². The first kappa shape index (κ1) is 12.2. The molecule has 0 fully saturated rings. The highest BCUT2D eigenvalue weighted by Gasteiger charge is 2.05. The molecule has 18 heavy (non-hydrogen) atoms. The summed E-state index contributed by atoms with van der Waals surface area (Å²) >= 11 is 0. The molecular weight excluding hydrogens is 222 g/mol. The quantitative estimate of drug-likeness (QED) is 0.800. The van der Waals surface area contributed by atoms with Crippen molar-refractivity contribution in [2.75, 3.05) is 0 Å². The predicted molar refractivity (Wildman–Crippen MR) is 71.8 cm³/mol. The lowest BCUT2D eigenvalue weighted by Crippen LogP contribution is -1.90. The second kappa shape index (κ2) is 5.37. The Balaban J connectivity index is 2.29. The maximum absolute atomic E-state index is 9.13. The lowest BCUT2D eigenvalue weighted by Gasteiger charge is -2.08. The molecule has 0 amide bonds. The maximum Gasteiger partial charge on any atom is 0.145 e. The average molecular weight is 237 g/mol. The zero-order valence-electron chi connectivity index (χ0n) is 10.6. The number of hydrogen-bond donors (Lipinski definition) is 0. The Kier molecular flexibility index (Phi) is 3.64. The molecule has 0 spiro atoms. The topological polar surface area (TPSA) is 33.0 Å². The number of nitrogens with zero attached hydrogens (tertiary/aromatic N) is 1. The van der Waals surface area contributed by atoms with Gasteiger partial charge < -0.3 is 4.74 Å². The molecule has 0 atom stereocenters. The molecule has 0 saturated heterocycles. The summed E-state index contributed by atoms with van der Waals surface area (Å²) in [5.74, 6) is 1.36. The number of hydrogen-bond acceptors (Lipinski definition) is 2. The van der Waals surface area contributed by atoms with Crippen molar-refractivity contribution in [3.63, 3.8) is 0 Å². The molecule has 2 aromatic carbocycles. The minimum absolute atomic E-state index is 0.579. The molecule has 2 rings (SSSR count). The number of nitriles is 1. The molecule has 0 saturated carbocycles. The summed E-state index contributed by atoms with van der Waals surface area (Å²) in [6.07, 6.45) is 0.916. The highest BCUT2D eigenvalue weighted by molar-refractivity contribution is 5.47. The van der Waals surface area contributed by atoms with Crippen LogP contribution in [0.25, 0.3) is 0 Å². The van der Waals surface area contributed by atoms with E-state index in [-0.39, 0.29) is 0 Å². The van der Waals surface area contributed by atoms with Crippen LogP contribution in [-0.2, 0) is 6.42 Å². The molecule has 2 aromatic rings. The van der Waals surface area contributed by atoms with Crippen molar-refractivity contribution in [2.45, 2.75) is 20.3 Å². The van der Waals surface area contributed by atoms with Crippen molar-refractivity contribution in [2.24, 2.45) is 0 Å². The van der Waals surface area contributed by atoms with Gasteiger partial charge in [0.1, 0.15) is 17.6 Å². The third-order valence-corrected chi connectivity index (χ3v) is 2.82. The second-order valence-corrected chi connectivity index (χ2v) is 4.21. The monoisotopic (exact) mass is 237 g/mol. The van der Waals surface area contributed by atoms with Gasteiger partial charge in [-0.25, -0.2) is 0 Å². The summed E-state index contributed by atoms with van der Waals surface area (Å²) in [6.45, 7) is 4.09. The van der Waals surface area contributed by atoms with E-state index in [0.717, 1.165) is 17.7 Å². The summed E-state index contributed by atoms with van der Waals surface area (Å²) in [5, 5.41) is 9.13.